The van der Waals surface area contributed by atoms with E-state index in [1.807, 2.05) is 158 Å². The van der Waals surface area contributed by atoms with Crippen LogP contribution in [0.2, 0.25) is 0 Å². The van der Waals surface area contributed by atoms with Crippen LogP contribution in [0, 0.1) is 0 Å². The number of piperazine rings is 1. The quantitative estimate of drug-likeness (QED) is 0.0149. The second kappa shape index (κ2) is 43.6. The number of Topliss-reactive ketones (excluding diaryl/α,β-unsaturated/α-hetero) is 4. The highest BCUT2D eigenvalue weighted by Crippen LogP contribution is 2.50. The van der Waals surface area contributed by atoms with Crippen molar-refractivity contribution in [3.8, 4) is 43.8 Å². The van der Waals surface area contributed by atoms with Crippen molar-refractivity contribution in [1.29, 1.82) is 0 Å². The Hall–Kier alpha value is -14.7. The molecule has 18 heteroatoms. The summed E-state index contributed by atoms with van der Waals surface area (Å²) >= 11 is 1.68. The smallest absolute Gasteiger partial charge is 0.168 e. The van der Waals surface area contributed by atoms with Crippen LogP contribution in [0.15, 0.2) is 309 Å². The van der Waals surface area contributed by atoms with E-state index in [0.717, 1.165) is 170 Å². The van der Waals surface area contributed by atoms with Gasteiger partial charge in [0.25, 0.3) is 0 Å². The van der Waals surface area contributed by atoms with Gasteiger partial charge in [0.2, 0.25) is 0 Å². The number of nitrogens with two attached hydrogens (primary N) is 4. The predicted octanol–water partition coefficient (Wildman–Crippen LogP) is 25.1. The monoisotopic (exact) mass is 1870 g/mol. The van der Waals surface area contributed by atoms with Gasteiger partial charge in [-0.15, -0.1) is 11.3 Å². The van der Waals surface area contributed by atoms with Crippen LogP contribution in [-0.4, -0.2) is 110 Å². The third-order valence-electron chi connectivity index (χ3n) is 27.8. The van der Waals surface area contributed by atoms with Crippen molar-refractivity contribution in [2.75, 3.05) is 99.9 Å². The van der Waals surface area contributed by atoms with Gasteiger partial charge in [0.15, 0.2) is 23.1 Å². The highest BCUT2D eigenvalue weighted by atomic mass is 32.1. The number of aryl methyl sites for hydroxylation is 3. The molecule has 6 heterocycles. The minimum absolute atomic E-state index is 0.0190. The lowest BCUT2D eigenvalue weighted by Crippen LogP contribution is -2.43. The van der Waals surface area contributed by atoms with Gasteiger partial charge in [0, 0.05) is 199 Å². The maximum atomic E-state index is 13.3. The number of nitrogens with zero attached hydrogens (tertiary/aromatic N) is 6. The normalized spacial score (nSPS) is 13.9. The first-order valence-corrected chi connectivity index (χ1v) is 50.1. The van der Waals surface area contributed by atoms with Crippen molar-refractivity contribution < 1.29 is 28.7 Å². The molecule has 0 atom stereocenters. The van der Waals surface area contributed by atoms with Crippen molar-refractivity contribution in [2.45, 2.75) is 126 Å². The summed E-state index contributed by atoms with van der Waals surface area (Å²) in [6.07, 6.45) is 21.8. The predicted molar refractivity (Wildman–Crippen MR) is 574 cm³/mol. The first kappa shape index (κ1) is 94.3. The number of rotatable bonds is 32. The molecule has 0 amide bonds. The number of ether oxygens (including phenoxy) is 2. The van der Waals surface area contributed by atoms with Gasteiger partial charge in [-0.1, -0.05) is 170 Å². The SMILES string of the molecule is COCCCc1cc2ncc(C(=O)Cc3cc(-c4cccs4)ccc3N)cc2cc1C1CC1.COCCN(C)c1cc2ncc(C(=O)Cc3cc(-c4ccccc4)ccc3N)cc2cc1C1CC1.Nc1ccc(-c2ccccc2)cc1CC(=O)c1cnc2c(C3CC3)c(CCc3ccccc3)ccc2c1.Nc1ccc(-c2ccccc2)cc1CC(=O)c1cnc2c(C3CC3)c(N3CCNCC3)ccc2c1. The lowest BCUT2D eigenvalue weighted by molar-refractivity contribution is 0.0984. The summed E-state index contributed by atoms with van der Waals surface area (Å²) in [5, 5.41) is 9.63. The number of anilines is 6. The topological polar surface area (TPSA) is 261 Å². The molecule has 17 aromatic rings. The molecular weight excluding hydrogens is 1750 g/mol. The molecular formula is C122H119N11O6S. The number of likely N-dealkylation sites (N-methyl/N-ethyl adjacent to an activating group) is 1. The van der Waals surface area contributed by atoms with Crippen LogP contribution in [0.4, 0.5) is 34.1 Å². The van der Waals surface area contributed by atoms with Crippen LogP contribution in [0.25, 0.3) is 87.4 Å². The molecule has 1 saturated heterocycles. The third-order valence-corrected chi connectivity index (χ3v) is 28.8. The van der Waals surface area contributed by atoms with Crippen LogP contribution < -0.4 is 38.1 Å². The maximum Gasteiger partial charge on any atom is 0.168 e. The molecule has 17 nitrogen and oxygen atoms in total. The average molecular weight is 1870 g/mol. The van der Waals surface area contributed by atoms with Crippen LogP contribution in [0.5, 0.6) is 0 Å². The van der Waals surface area contributed by atoms with Gasteiger partial charge in [-0.05, 0) is 310 Å². The summed E-state index contributed by atoms with van der Waals surface area (Å²) in [5.74, 6) is 2.53. The Kier molecular flexibility index (Phi) is 29.4. The Bertz CT molecular complexity index is 7360. The number of aromatic nitrogens is 4. The number of thiophene rings is 1. The Morgan fingerprint density at radius 3 is 1.27 bits per heavy atom. The number of pyridine rings is 4. The second-order valence-corrected chi connectivity index (χ2v) is 38.9. The largest absolute Gasteiger partial charge is 0.398 e. The fraction of sp³-hybridized carbons (Fsp3) is 0.246. The van der Waals surface area contributed by atoms with Gasteiger partial charge in [0.1, 0.15) is 0 Å². The Morgan fingerprint density at radius 2 is 0.800 bits per heavy atom. The highest BCUT2D eigenvalue weighted by Gasteiger charge is 2.34. The number of nitrogen functional groups attached to an aromatic ring is 4. The number of methoxy groups -OCH3 is 2. The van der Waals surface area contributed by atoms with Gasteiger partial charge in [-0.3, -0.25) is 39.1 Å². The number of ketones is 4. The van der Waals surface area contributed by atoms with Gasteiger partial charge in [-0.2, -0.15) is 0 Å². The first-order valence-electron chi connectivity index (χ1n) is 49.2. The lowest BCUT2D eigenvalue weighted by atomic mass is 9.93. The molecule has 5 aromatic heterocycles. The zero-order valence-corrected chi connectivity index (χ0v) is 80.7. The molecule has 4 aliphatic carbocycles. The summed E-state index contributed by atoms with van der Waals surface area (Å²) in [7, 11) is 5.56. The zero-order valence-electron chi connectivity index (χ0n) is 79.9. The van der Waals surface area contributed by atoms with Gasteiger partial charge in [0.05, 0.1) is 28.7 Å². The second-order valence-electron chi connectivity index (χ2n) is 38.0. The molecule has 1 aliphatic heterocycles. The summed E-state index contributed by atoms with van der Waals surface area (Å²) in [6.45, 7) is 6.32. The summed E-state index contributed by atoms with van der Waals surface area (Å²) in [5.41, 5.74) is 57.1. The summed E-state index contributed by atoms with van der Waals surface area (Å²) in [4.78, 5) is 78.0. The summed E-state index contributed by atoms with van der Waals surface area (Å²) < 4.78 is 10.5. The molecule has 0 bridgehead atoms. The number of carbonyl (C=O) groups excluding carboxylic acids is 4. The molecule has 5 aliphatic rings. The van der Waals surface area contributed by atoms with E-state index in [1.54, 1.807) is 50.3 Å². The Balaban J connectivity index is 0.000000119. The molecule has 9 N–H and O–H groups in total. The summed E-state index contributed by atoms with van der Waals surface area (Å²) in [6, 6.07) is 94.4. The minimum atomic E-state index is 0.0190. The molecule has 140 heavy (non-hydrogen) atoms. The van der Waals surface area contributed by atoms with Crippen molar-refractivity contribution in [3.63, 3.8) is 0 Å². The standard InChI is InChI=1S/C34H30N2O.C30H30N4O.C30H31N3O2.C28H28N2O2S/c35-31-18-17-27(24-9-5-2-6-10-24)19-29(31)21-32(37)30-20-28-16-15-25(12-11-23-7-3-1-4-8-23)33(26-13-14-26)34(28)36-22-30;31-26-10-8-22(20-4-2-1-3-5-20)16-24(26)18-28(35)25-17-23-9-11-27(34-14-12-32-13-15-34)29(21-6-7-21)30(23)33-19-25;1-33(12-13-35-2)29-18-28-24(16-26(29)21-8-9-21)15-25(19-32-28)30(34)17-23-14-22(10-11-27(23)31)20-6-4-3-5-7-20;1-32-10-2-4-19-15-26-22(14-24(19)18-6-7-18)13-23(17-30-26)27(31)16-21-12-20(8-9-25(21)29)28-5-3-11-33-28/h1-10,15-20,22,26H,11-14,21,35H2;1-5,8-11,16-17,19,21,32H,6-7,12-15,18,31H2;3-7,10-11,14-16,18-19,21H,8-9,12-13,17,31H2,1-2H3;3,5,8-9,11-15,17-18H,2,4,6-7,10,16,29H2,1H3. The first-order chi connectivity index (χ1) is 68.5. The van der Waals surface area contributed by atoms with Crippen LogP contribution >= 0.6 is 11.3 Å². The molecule has 22 rings (SSSR count). The highest BCUT2D eigenvalue weighted by molar-refractivity contribution is 7.13. The number of hydrogen-bond acceptors (Lipinski definition) is 18. The van der Waals surface area contributed by atoms with Gasteiger partial charge >= 0.3 is 0 Å². The van der Waals surface area contributed by atoms with E-state index in [0.29, 0.717) is 75.3 Å². The fourth-order valence-electron chi connectivity index (χ4n) is 19.4. The molecule has 5 fully saturated rings. The number of nitrogens with one attached hydrogen (secondary N) is 1. The van der Waals surface area contributed by atoms with Crippen LogP contribution in [0.1, 0.15) is 184 Å². The van der Waals surface area contributed by atoms with E-state index in [2.05, 4.69) is 159 Å². The number of fused-ring (bicyclic) bond motifs is 4. The van der Waals surface area contributed by atoms with E-state index in [4.69, 9.17) is 42.4 Å². The van der Waals surface area contributed by atoms with E-state index < -0.39 is 0 Å². The maximum absolute atomic E-state index is 13.3. The van der Waals surface area contributed by atoms with Crippen molar-refractivity contribution in [3.05, 3.63) is 393 Å². The molecule has 0 radical (unpaired) electrons. The van der Waals surface area contributed by atoms with E-state index in [-0.39, 0.29) is 48.8 Å². The van der Waals surface area contributed by atoms with Gasteiger partial charge in [-0.25, -0.2) is 0 Å². The van der Waals surface area contributed by atoms with Crippen LogP contribution in [-0.2, 0) is 54.4 Å². The fourth-order valence-corrected chi connectivity index (χ4v) is 20.1. The number of carbonyl (C=O) groups is 4. The van der Waals surface area contributed by atoms with Crippen LogP contribution in [0.3, 0.4) is 0 Å². The van der Waals surface area contributed by atoms with E-state index in [1.165, 1.54) is 107 Å². The average Bonchev–Trinajstić information content (AvgIpc) is 1.67. The molecule has 12 aromatic carbocycles. The third kappa shape index (κ3) is 22.8. The van der Waals surface area contributed by atoms with E-state index in [9.17, 15) is 19.2 Å². The Labute approximate surface area is 823 Å². The lowest BCUT2D eigenvalue weighted by Gasteiger charge is -2.31. The van der Waals surface area contributed by atoms with Gasteiger partial charge < -0.3 is 47.5 Å². The zero-order chi connectivity index (χ0) is 96.1. The van der Waals surface area contributed by atoms with Crippen molar-refractivity contribution in [1.82, 2.24) is 25.3 Å². The molecule has 0 unspecified atom stereocenters. The molecule has 4 saturated carbocycles. The minimum Gasteiger partial charge on any atom is -0.398 e. The van der Waals surface area contributed by atoms with E-state index >= 15 is 0 Å². The molecule has 704 valence electrons. The number of benzene rings is 12. The number of hydrogen-bond donors (Lipinski definition) is 5. The Morgan fingerprint density at radius 1 is 0.379 bits per heavy atom. The molecule has 0 spiro atoms. The van der Waals surface area contributed by atoms with Crippen molar-refractivity contribution >= 4 is 112 Å². The van der Waals surface area contributed by atoms with Crippen molar-refractivity contribution in [2.24, 2.45) is 0 Å².